The first-order valence-corrected chi connectivity index (χ1v) is 6.85. The standard InChI is InChI=1S/C15H25NO5/c1-11(9-18-2)21-10-12(17)8-16-14-7-13(19-3)5-6-15(14)20-4/h5-7,11-12,16-17H,8-10H2,1-4H3. The number of hydrogen-bond donors (Lipinski definition) is 2. The van der Waals surface area contributed by atoms with E-state index in [0.717, 1.165) is 11.4 Å². The van der Waals surface area contributed by atoms with Crippen LogP contribution in [-0.2, 0) is 9.47 Å². The molecule has 0 aromatic heterocycles. The van der Waals surface area contributed by atoms with Gasteiger partial charge in [0.15, 0.2) is 0 Å². The summed E-state index contributed by atoms with van der Waals surface area (Å²) in [6, 6.07) is 5.45. The van der Waals surface area contributed by atoms with Gasteiger partial charge in [-0.15, -0.1) is 0 Å². The number of aliphatic hydroxyl groups is 1. The maximum Gasteiger partial charge on any atom is 0.142 e. The van der Waals surface area contributed by atoms with Crippen molar-refractivity contribution >= 4 is 5.69 Å². The van der Waals surface area contributed by atoms with Gasteiger partial charge in [0.05, 0.1) is 45.3 Å². The van der Waals surface area contributed by atoms with Crippen molar-refractivity contribution in [1.29, 1.82) is 0 Å². The van der Waals surface area contributed by atoms with Crippen molar-refractivity contribution in [2.45, 2.75) is 19.1 Å². The zero-order chi connectivity index (χ0) is 15.7. The Labute approximate surface area is 126 Å². The minimum atomic E-state index is -0.625. The van der Waals surface area contributed by atoms with Crippen molar-refractivity contribution in [3.05, 3.63) is 18.2 Å². The molecule has 0 aliphatic heterocycles. The molecule has 2 unspecified atom stereocenters. The molecular formula is C15H25NO5. The molecule has 0 aliphatic carbocycles. The number of anilines is 1. The van der Waals surface area contributed by atoms with Crippen molar-refractivity contribution in [2.24, 2.45) is 0 Å². The van der Waals surface area contributed by atoms with Crippen LogP contribution in [0.3, 0.4) is 0 Å². The fourth-order valence-corrected chi connectivity index (χ4v) is 1.80. The van der Waals surface area contributed by atoms with E-state index in [9.17, 15) is 5.11 Å². The Kier molecular flexibility index (Phi) is 7.89. The topological polar surface area (TPSA) is 69.2 Å². The van der Waals surface area contributed by atoms with Crippen molar-refractivity contribution in [2.75, 3.05) is 46.4 Å². The lowest BCUT2D eigenvalue weighted by Gasteiger charge is -2.18. The van der Waals surface area contributed by atoms with E-state index in [-0.39, 0.29) is 12.7 Å². The van der Waals surface area contributed by atoms with E-state index < -0.39 is 6.10 Å². The molecule has 0 saturated heterocycles. The third kappa shape index (κ3) is 6.20. The number of hydrogen-bond acceptors (Lipinski definition) is 6. The van der Waals surface area contributed by atoms with Gasteiger partial charge in [0, 0.05) is 19.7 Å². The van der Waals surface area contributed by atoms with Gasteiger partial charge in [0.1, 0.15) is 11.5 Å². The molecule has 0 radical (unpaired) electrons. The van der Waals surface area contributed by atoms with Gasteiger partial charge in [0.2, 0.25) is 0 Å². The highest BCUT2D eigenvalue weighted by atomic mass is 16.5. The lowest BCUT2D eigenvalue weighted by Crippen LogP contribution is -2.28. The van der Waals surface area contributed by atoms with Crippen molar-refractivity contribution in [1.82, 2.24) is 0 Å². The highest BCUT2D eigenvalue weighted by molar-refractivity contribution is 5.59. The second kappa shape index (κ2) is 9.44. The highest BCUT2D eigenvalue weighted by Crippen LogP contribution is 2.28. The lowest BCUT2D eigenvalue weighted by atomic mass is 10.2. The Morgan fingerprint density at radius 1 is 1.14 bits per heavy atom. The first-order chi connectivity index (χ1) is 10.1. The molecule has 0 aliphatic rings. The number of aliphatic hydroxyl groups excluding tert-OH is 1. The smallest absolute Gasteiger partial charge is 0.142 e. The summed E-state index contributed by atoms with van der Waals surface area (Å²) in [6.07, 6.45) is -0.670. The van der Waals surface area contributed by atoms with E-state index in [1.807, 2.05) is 25.1 Å². The van der Waals surface area contributed by atoms with E-state index >= 15 is 0 Å². The third-order valence-electron chi connectivity index (χ3n) is 2.91. The second-order valence-corrected chi connectivity index (χ2v) is 4.70. The Balaban J connectivity index is 2.46. The monoisotopic (exact) mass is 299 g/mol. The zero-order valence-electron chi connectivity index (χ0n) is 13.1. The van der Waals surface area contributed by atoms with Gasteiger partial charge in [-0.2, -0.15) is 0 Å². The maximum atomic E-state index is 9.92. The lowest BCUT2D eigenvalue weighted by molar-refractivity contribution is -0.0282. The summed E-state index contributed by atoms with van der Waals surface area (Å²) >= 11 is 0. The summed E-state index contributed by atoms with van der Waals surface area (Å²) < 4.78 is 20.9. The molecule has 120 valence electrons. The molecular weight excluding hydrogens is 274 g/mol. The van der Waals surface area contributed by atoms with Crippen molar-refractivity contribution in [3.63, 3.8) is 0 Å². The molecule has 1 aromatic rings. The second-order valence-electron chi connectivity index (χ2n) is 4.70. The van der Waals surface area contributed by atoms with E-state index in [1.165, 1.54) is 0 Å². The van der Waals surface area contributed by atoms with Crippen LogP contribution in [0, 0.1) is 0 Å². The van der Waals surface area contributed by atoms with E-state index in [2.05, 4.69) is 5.32 Å². The molecule has 1 aromatic carbocycles. The normalized spacial score (nSPS) is 13.6. The number of methoxy groups -OCH3 is 3. The molecule has 0 spiro atoms. The minimum absolute atomic E-state index is 0.0454. The van der Waals surface area contributed by atoms with Crippen molar-refractivity contribution in [3.8, 4) is 11.5 Å². The predicted octanol–water partition coefficient (Wildman–Crippen LogP) is 1.53. The molecule has 6 heteroatoms. The Hall–Kier alpha value is -1.50. The van der Waals surface area contributed by atoms with Crippen LogP contribution in [0.15, 0.2) is 18.2 Å². The number of nitrogens with one attached hydrogen (secondary N) is 1. The van der Waals surface area contributed by atoms with Crippen LogP contribution in [0.2, 0.25) is 0 Å². The summed E-state index contributed by atoms with van der Waals surface area (Å²) in [5, 5.41) is 13.0. The number of ether oxygens (including phenoxy) is 4. The predicted molar refractivity (Wildman–Crippen MR) is 81.3 cm³/mol. The van der Waals surface area contributed by atoms with Crippen LogP contribution < -0.4 is 14.8 Å². The van der Waals surface area contributed by atoms with Gasteiger partial charge >= 0.3 is 0 Å². The SMILES string of the molecule is COCC(C)OCC(O)CNc1cc(OC)ccc1OC. The van der Waals surface area contributed by atoms with Gasteiger partial charge in [-0.1, -0.05) is 0 Å². The molecule has 0 heterocycles. The fourth-order valence-electron chi connectivity index (χ4n) is 1.80. The molecule has 0 amide bonds. The quantitative estimate of drug-likeness (QED) is 0.683. The number of rotatable bonds is 10. The first kappa shape index (κ1) is 17.6. The van der Waals surface area contributed by atoms with Crippen LogP contribution in [0.5, 0.6) is 11.5 Å². The summed E-state index contributed by atoms with van der Waals surface area (Å²) in [7, 11) is 4.82. The van der Waals surface area contributed by atoms with Crippen LogP contribution in [0.4, 0.5) is 5.69 Å². The Morgan fingerprint density at radius 3 is 2.52 bits per heavy atom. The van der Waals surface area contributed by atoms with E-state index in [0.29, 0.717) is 18.9 Å². The highest BCUT2D eigenvalue weighted by Gasteiger charge is 2.10. The maximum absolute atomic E-state index is 9.92. The van der Waals surface area contributed by atoms with Gasteiger partial charge < -0.3 is 29.4 Å². The molecule has 0 fully saturated rings. The zero-order valence-corrected chi connectivity index (χ0v) is 13.1. The Bertz CT molecular complexity index is 413. The minimum Gasteiger partial charge on any atom is -0.497 e. The third-order valence-corrected chi connectivity index (χ3v) is 2.91. The molecule has 6 nitrogen and oxygen atoms in total. The summed E-state index contributed by atoms with van der Waals surface area (Å²) in [5.41, 5.74) is 0.765. The van der Waals surface area contributed by atoms with Crippen LogP contribution in [0.25, 0.3) is 0 Å². The average molecular weight is 299 g/mol. The van der Waals surface area contributed by atoms with Crippen molar-refractivity contribution < 1.29 is 24.1 Å². The van der Waals surface area contributed by atoms with Gasteiger partial charge in [0.25, 0.3) is 0 Å². The van der Waals surface area contributed by atoms with Gasteiger partial charge in [-0.25, -0.2) is 0 Å². The largest absolute Gasteiger partial charge is 0.497 e. The summed E-state index contributed by atoms with van der Waals surface area (Å²) in [6.45, 7) is 2.99. The molecule has 2 N–H and O–H groups in total. The number of benzene rings is 1. The first-order valence-electron chi connectivity index (χ1n) is 6.85. The fraction of sp³-hybridized carbons (Fsp3) is 0.600. The van der Waals surface area contributed by atoms with Crippen LogP contribution in [-0.4, -0.2) is 58.4 Å². The average Bonchev–Trinajstić information content (AvgIpc) is 2.50. The molecule has 2 atom stereocenters. The summed E-state index contributed by atoms with van der Waals surface area (Å²) in [5.74, 6) is 1.41. The molecule has 0 bridgehead atoms. The Morgan fingerprint density at radius 2 is 1.90 bits per heavy atom. The molecule has 1 rings (SSSR count). The van der Waals surface area contributed by atoms with Gasteiger partial charge in [-0.3, -0.25) is 0 Å². The molecule has 21 heavy (non-hydrogen) atoms. The van der Waals surface area contributed by atoms with E-state index in [4.69, 9.17) is 18.9 Å². The van der Waals surface area contributed by atoms with Crippen LogP contribution in [0.1, 0.15) is 6.92 Å². The van der Waals surface area contributed by atoms with Gasteiger partial charge in [-0.05, 0) is 19.1 Å². The summed E-state index contributed by atoms with van der Waals surface area (Å²) in [4.78, 5) is 0. The molecule has 0 saturated carbocycles. The van der Waals surface area contributed by atoms with Crippen LogP contribution >= 0.6 is 0 Å². The van der Waals surface area contributed by atoms with E-state index in [1.54, 1.807) is 21.3 Å².